The molecule has 1 heterocycles. The minimum atomic E-state index is -0.232. The molecule has 0 atom stereocenters. The lowest BCUT2D eigenvalue weighted by Gasteiger charge is -2.02. The fourth-order valence-electron chi connectivity index (χ4n) is 1.40. The van der Waals surface area contributed by atoms with Gasteiger partial charge in [-0.05, 0) is 25.1 Å². The number of carbonyl (C=O) groups excluding carboxylic acids is 1. The van der Waals surface area contributed by atoms with Gasteiger partial charge < -0.3 is 14.9 Å². The largest absolute Gasteiger partial charge is 0.508 e. The number of hydrogen-bond donors (Lipinski definition) is 2. The Morgan fingerprint density at radius 2 is 2.06 bits per heavy atom. The van der Waals surface area contributed by atoms with Crippen LogP contribution in [0.1, 0.15) is 12.5 Å². The van der Waals surface area contributed by atoms with Crippen LogP contribution in [0.3, 0.4) is 0 Å². The van der Waals surface area contributed by atoms with Gasteiger partial charge in [-0.25, -0.2) is 0 Å². The second-order valence-electron chi connectivity index (χ2n) is 3.47. The minimum Gasteiger partial charge on any atom is -0.508 e. The number of carbonyl (C=O) groups is 1. The van der Waals surface area contributed by atoms with Crippen molar-refractivity contribution < 1.29 is 19.7 Å². The topological polar surface area (TPSA) is 66.8 Å². The summed E-state index contributed by atoms with van der Waals surface area (Å²) in [7, 11) is 0. The first-order chi connectivity index (χ1) is 7.56. The molecule has 4 nitrogen and oxygen atoms in total. The molecule has 0 fully saturated rings. The first-order valence-electron chi connectivity index (χ1n) is 4.70. The van der Waals surface area contributed by atoms with E-state index in [4.69, 9.17) is 9.84 Å². The van der Waals surface area contributed by atoms with Gasteiger partial charge in [0.05, 0.1) is 0 Å². The van der Waals surface area contributed by atoms with Crippen LogP contribution < -0.4 is 0 Å². The van der Waals surface area contributed by atoms with E-state index in [9.17, 15) is 9.90 Å². The number of benzene rings is 1. The van der Waals surface area contributed by atoms with E-state index in [1.54, 1.807) is 6.92 Å². The molecule has 2 rings (SSSR count). The Hall–Kier alpha value is -2.23. The van der Waals surface area contributed by atoms with Crippen molar-refractivity contribution in [2.75, 3.05) is 0 Å². The van der Waals surface area contributed by atoms with Crippen LogP contribution in [0.5, 0.6) is 11.5 Å². The fourth-order valence-corrected chi connectivity index (χ4v) is 1.40. The quantitative estimate of drug-likeness (QED) is 0.707. The lowest BCUT2D eigenvalue weighted by atomic mass is 10.1. The van der Waals surface area contributed by atoms with E-state index in [1.807, 2.05) is 0 Å². The third-order valence-electron chi connectivity index (χ3n) is 2.15. The Labute approximate surface area is 92.1 Å². The summed E-state index contributed by atoms with van der Waals surface area (Å²) < 4.78 is 5.16. The van der Waals surface area contributed by atoms with E-state index in [1.165, 1.54) is 30.4 Å². The molecule has 0 amide bonds. The summed E-state index contributed by atoms with van der Waals surface area (Å²) in [6.07, 6.45) is 2.81. The fraction of sp³-hybridized carbons (Fsp3) is 0.0833. The van der Waals surface area contributed by atoms with Crippen LogP contribution in [0.15, 0.2) is 35.8 Å². The minimum absolute atomic E-state index is 0.0346. The molecule has 0 bridgehead atoms. The molecule has 0 unspecified atom stereocenters. The van der Waals surface area contributed by atoms with Crippen molar-refractivity contribution in [3.05, 3.63) is 41.4 Å². The molecule has 0 spiro atoms. The third-order valence-corrected chi connectivity index (χ3v) is 2.15. The molecule has 82 valence electrons. The third kappa shape index (κ3) is 1.91. The number of aromatic hydroxyl groups is 2. The number of phenolic OH excluding ortho intramolecular Hbond substituents is 2. The van der Waals surface area contributed by atoms with E-state index in [0.29, 0.717) is 11.3 Å². The Bertz CT molecular complexity index is 512. The van der Waals surface area contributed by atoms with Gasteiger partial charge in [0.1, 0.15) is 17.3 Å². The van der Waals surface area contributed by atoms with Gasteiger partial charge in [-0.15, -0.1) is 0 Å². The van der Waals surface area contributed by atoms with Gasteiger partial charge in [0, 0.05) is 17.7 Å². The maximum Gasteiger partial charge on any atom is 0.224 e. The average molecular weight is 218 g/mol. The Morgan fingerprint density at radius 1 is 1.31 bits per heavy atom. The van der Waals surface area contributed by atoms with E-state index in [2.05, 4.69) is 0 Å². The second-order valence-corrected chi connectivity index (χ2v) is 3.47. The lowest BCUT2D eigenvalue weighted by Crippen LogP contribution is -1.92. The zero-order valence-electron chi connectivity index (χ0n) is 8.60. The normalized spacial score (nSPS) is 17.4. The van der Waals surface area contributed by atoms with Crippen LogP contribution in [0.2, 0.25) is 0 Å². The molecule has 2 N–H and O–H groups in total. The van der Waals surface area contributed by atoms with Gasteiger partial charge in [-0.2, -0.15) is 0 Å². The summed E-state index contributed by atoms with van der Waals surface area (Å²) in [5.41, 5.74) is 0.421. The summed E-state index contributed by atoms with van der Waals surface area (Å²) in [5, 5.41) is 18.6. The second kappa shape index (κ2) is 3.73. The van der Waals surface area contributed by atoms with Crippen molar-refractivity contribution in [1.29, 1.82) is 0 Å². The molecule has 1 aromatic carbocycles. The SMILES string of the molecule is CC1=CC(=O)/C(=C\c2ccc(O)cc2O)O1. The van der Waals surface area contributed by atoms with Crippen LogP contribution in [0.4, 0.5) is 0 Å². The Balaban J connectivity index is 2.34. The van der Waals surface area contributed by atoms with Gasteiger partial charge in [0.25, 0.3) is 0 Å². The lowest BCUT2D eigenvalue weighted by molar-refractivity contribution is -0.112. The maximum atomic E-state index is 11.4. The molecule has 1 aromatic rings. The van der Waals surface area contributed by atoms with Gasteiger partial charge in [0.15, 0.2) is 5.76 Å². The molecule has 0 radical (unpaired) electrons. The average Bonchev–Trinajstić information content (AvgIpc) is 2.50. The number of ether oxygens (including phenoxy) is 1. The summed E-state index contributed by atoms with van der Waals surface area (Å²) in [4.78, 5) is 11.4. The molecule has 1 aliphatic rings. The molecule has 0 aliphatic carbocycles. The van der Waals surface area contributed by atoms with Crippen LogP contribution in [0.25, 0.3) is 6.08 Å². The zero-order valence-corrected chi connectivity index (χ0v) is 8.60. The smallest absolute Gasteiger partial charge is 0.224 e. The van der Waals surface area contributed by atoms with Crippen molar-refractivity contribution in [1.82, 2.24) is 0 Å². The van der Waals surface area contributed by atoms with Crippen molar-refractivity contribution in [3.8, 4) is 11.5 Å². The van der Waals surface area contributed by atoms with E-state index in [0.717, 1.165) is 0 Å². The zero-order chi connectivity index (χ0) is 11.7. The molecular weight excluding hydrogens is 208 g/mol. The Morgan fingerprint density at radius 3 is 2.62 bits per heavy atom. The molecule has 0 saturated heterocycles. The summed E-state index contributed by atoms with van der Waals surface area (Å²) in [5.74, 6) is 0.319. The summed E-state index contributed by atoms with van der Waals surface area (Å²) in [6.45, 7) is 1.68. The van der Waals surface area contributed by atoms with Crippen molar-refractivity contribution in [2.24, 2.45) is 0 Å². The van der Waals surface area contributed by atoms with E-state index in [-0.39, 0.29) is 23.0 Å². The molecule has 1 aliphatic heterocycles. The highest BCUT2D eigenvalue weighted by Crippen LogP contribution is 2.27. The highest BCUT2D eigenvalue weighted by molar-refractivity contribution is 6.07. The predicted octanol–water partition coefficient (Wildman–Crippen LogP) is 1.94. The molecular formula is C12H10O4. The van der Waals surface area contributed by atoms with Gasteiger partial charge in [-0.3, -0.25) is 4.79 Å². The number of phenols is 2. The number of rotatable bonds is 1. The van der Waals surface area contributed by atoms with Gasteiger partial charge >= 0.3 is 0 Å². The predicted molar refractivity (Wildman–Crippen MR) is 57.6 cm³/mol. The standard InChI is InChI=1S/C12H10O4/c1-7-4-11(15)12(16-7)5-8-2-3-9(13)6-10(8)14/h2-6,13-14H,1H3/b12-5+. The monoisotopic (exact) mass is 218 g/mol. The first-order valence-corrected chi connectivity index (χ1v) is 4.70. The van der Waals surface area contributed by atoms with Crippen molar-refractivity contribution in [3.63, 3.8) is 0 Å². The molecule has 16 heavy (non-hydrogen) atoms. The van der Waals surface area contributed by atoms with Crippen LogP contribution in [0, 0.1) is 0 Å². The highest BCUT2D eigenvalue weighted by Gasteiger charge is 2.18. The summed E-state index contributed by atoms with van der Waals surface area (Å²) in [6, 6.07) is 4.12. The molecule has 4 heteroatoms. The first kappa shape index (κ1) is 10.3. The number of ketones is 1. The summed E-state index contributed by atoms with van der Waals surface area (Å²) >= 11 is 0. The van der Waals surface area contributed by atoms with Gasteiger partial charge in [-0.1, -0.05) is 0 Å². The van der Waals surface area contributed by atoms with Crippen LogP contribution in [-0.4, -0.2) is 16.0 Å². The highest BCUT2D eigenvalue weighted by atomic mass is 16.5. The van der Waals surface area contributed by atoms with Crippen LogP contribution >= 0.6 is 0 Å². The van der Waals surface area contributed by atoms with Crippen LogP contribution in [-0.2, 0) is 9.53 Å². The maximum absolute atomic E-state index is 11.4. The molecule has 0 aromatic heterocycles. The van der Waals surface area contributed by atoms with E-state index < -0.39 is 0 Å². The number of hydrogen-bond acceptors (Lipinski definition) is 4. The Kier molecular flexibility index (Phi) is 2.40. The van der Waals surface area contributed by atoms with Gasteiger partial charge in [0.2, 0.25) is 5.78 Å². The van der Waals surface area contributed by atoms with E-state index >= 15 is 0 Å². The van der Waals surface area contributed by atoms with Crippen molar-refractivity contribution in [2.45, 2.75) is 6.92 Å². The number of allylic oxidation sites excluding steroid dienone is 2. The molecule has 0 saturated carbocycles. The van der Waals surface area contributed by atoms with Crippen molar-refractivity contribution >= 4 is 11.9 Å².